The van der Waals surface area contributed by atoms with Gasteiger partial charge in [0.15, 0.2) is 5.78 Å². The Morgan fingerprint density at radius 1 is 1.06 bits per heavy atom. The van der Waals surface area contributed by atoms with Crippen LogP contribution in [0.25, 0.3) is 0 Å². The summed E-state index contributed by atoms with van der Waals surface area (Å²) in [5.74, 6) is -0.694. The van der Waals surface area contributed by atoms with Crippen molar-refractivity contribution < 1.29 is 23.9 Å². The molecule has 0 unspecified atom stereocenters. The summed E-state index contributed by atoms with van der Waals surface area (Å²) in [5.41, 5.74) is 3.53. The highest BCUT2D eigenvalue weighted by atomic mass is 32.1. The number of carbonyl (C=O) groups is 3. The van der Waals surface area contributed by atoms with Gasteiger partial charge in [0.25, 0.3) is 0 Å². The normalized spacial score (nSPS) is 22.6. The Balaban J connectivity index is 1.53. The first-order valence-corrected chi connectivity index (χ1v) is 13.1. The summed E-state index contributed by atoms with van der Waals surface area (Å²) in [6.07, 6.45) is 4.93. The molecule has 1 aromatic carbocycles. The highest BCUT2D eigenvalue weighted by Crippen LogP contribution is 2.46. The summed E-state index contributed by atoms with van der Waals surface area (Å²) in [5, 5.41) is 5.44. The number of ketones is 1. The summed E-state index contributed by atoms with van der Waals surface area (Å²) >= 11 is 1.67. The molecule has 2 aliphatic carbocycles. The second kappa shape index (κ2) is 9.82. The second-order valence-corrected chi connectivity index (χ2v) is 10.5. The molecule has 1 saturated carbocycles. The van der Waals surface area contributed by atoms with E-state index in [2.05, 4.69) is 11.4 Å². The lowest BCUT2D eigenvalue weighted by Crippen LogP contribution is -2.36. The molecule has 2 atom stereocenters. The molecule has 1 aliphatic heterocycles. The average molecular weight is 492 g/mol. The molecule has 182 valence electrons. The van der Waals surface area contributed by atoms with Gasteiger partial charge in [-0.1, -0.05) is 18.2 Å². The van der Waals surface area contributed by atoms with E-state index in [9.17, 15) is 14.4 Å². The molecule has 1 N–H and O–H groups in total. The van der Waals surface area contributed by atoms with Crippen molar-refractivity contribution in [2.45, 2.75) is 70.3 Å². The fourth-order valence-corrected chi connectivity index (χ4v) is 6.31. The monoisotopic (exact) mass is 491 g/mol. The highest BCUT2D eigenvalue weighted by Gasteiger charge is 2.42. The molecule has 1 aromatic heterocycles. The number of carbonyl (C=O) groups excluding carboxylic acids is 3. The van der Waals surface area contributed by atoms with Gasteiger partial charge in [0.2, 0.25) is 0 Å². The van der Waals surface area contributed by atoms with Crippen LogP contribution in [0.15, 0.2) is 64.3 Å². The molecule has 0 amide bonds. The van der Waals surface area contributed by atoms with Crippen LogP contribution in [-0.2, 0) is 19.1 Å². The van der Waals surface area contributed by atoms with E-state index in [0.29, 0.717) is 29.7 Å². The van der Waals surface area contributed by atoms with E-state index in [4.69, 9.17) is 9.47 Å². The van der Waals surface area contributed by atoms with Gasteiger partial charge in [-0.05, 0) is 68.2 Å². The van der Waals surface area contributed by atoms with E-state index in [-0.39, 0.29) is 23.8 Å². The lowest BCUT2D eigenvalue weighted by molar-refractivity contribution is -0.144. The molecule has 3 aliphatic rings. The summed E-state index contributed by atoms with van der Waals surface area (Å²) in [6.45, 7) is 3.24. The topological polar surface area (TPSA) is 81.7 Å². The lowest BCUT2D eigenvalue weighted by Gasteiger charge is -2.36. The van der Waals surface area contributed by atoms with Crippen molar-refractivity contribution in [1.29, 1.82) is 0 Å². The Bertz CT molecular complexity index is 1200. The number of thiophene rings is 1. The first kappa shape index (κ1) is 23.5. The van der Waals surface area contributed by atoms with Crippen molar-refractivity contribution >= 4 is 29.1 Å². The van der Waals surface area contributed by atoms with Crippen LogP contribution in [0.4, 0.5) is 0 Å². The predicted molar refractivity (Wildman–Crippen MR) is 133 cm³/mol. The minimum atomic E-state index is -0.525. The van der Waals surface area contributed by atoms with Crippen molar-refractivity contribution in [3.8, 4) is 5.75 Å². The fraction of sp³-hybridized carbons (Fsp3) is 0.393. The quantitative estimate of drug-likeness (QED) is 0.438. The summed E-state index contributed by atoms with van der Waals surface area (Å²) in [6, 6.07) is 11.2. The van der Waals surface area contributed by atoms with Gasteiger partial charge in [0.05, 0.1) is 5.57 Å². The summed E-state index contributed by atoms with van der Waals surface area (Å²) in [7, 11) is 0. The Morgan fingerprint density at radius 2 is 1.80 bits per heavy atom. The molecule has 2 heterocycles. The van der Waals surface area contributed by atoms with Crippen molar-refractivity contribution in [3.05, 3.63) is 74.8 Å². The molecule has 2 aromatic rings. The SMILES string of the molecule is CC(=O)Oc1ccc([C@H]2C(C(=O)OC3CCCC3)=C(C)NC3=C2C(=O)C[C@@H](c2cccs2)C3)cc1. The molecule has 0 radical (unpaired) electrons. The zero-order valence-corrected chi connectivity index (χ0v) is 20.8. The first-order valence-electron chi connectivity index (χ1n) is 12.2. The number of allylic oxidation sites excluding steroid dienone is 3. The maximum absolute atomic E-state index is 13.6. The molecular weight excluding hydrogens is 462 g/mol. The van der Waals surface area contributed by atoms with Gasteiger partial charge in [-0.3, -0.25) is 9.59 Å². The zero-order valence-electron chi connectivity index (χ0n) is 20.0. The van der Waals surface area contributed by atoms with Crippen LogP contribution >= 0.6 is 11.3 Å². The second-order valence-electron chi connectivity index (χ2n) is 9.51. The van der Waals surface area contributed by atoms with E-state index >= 15 is 0 Å². The van der Waals surface area contributed by atoms with Gasteiger partial charge in [-0.2, -0.15) is 0 Å². The maximum atomic E-state index is 13.6. The van der Waals surface area contributed by atoms with Gasteiger partial charge in [0, 0.05) is 47.0 Å². The third kappa shape index (κ3) is 4.82. The molecule has 6 nitrogen and oxygen atoms in total. The van der Waals surface area contributed by atoms with Crippen LogP contribution in [0.3, 0.4) is 0 Å². The van der Waals surface area contributed by atoms with Crippen molar-refractivity contribution in [3.63, 3.8) is 0 Å². The minimum Gasteiger partial charge on any atom is -0.459 e. The number of ether oxygens (including phenoxy) is 2. The lowest BCUT2D eigenvalue weighted by atomic mass is 9.72. The smallest absolute Gasteiger partial charge is 0.337 e. The largest absolute Gasteiger partial charge is 0.459 e. The Kier molecular flexibility index (Phi) is 6.60. The van der Waals surface area contributed by atoms with Crippen molar-refractivity contribution in [1.82, 2.24) is 5.32 Å². The van der Waals surface area contributed by atoms with Crippen LogP contribution in [0, 0.1) is 0 Å². The van der Waals surface area contributed by atoms with Crippen LogP contribution in [0.2, 0.25) is 0 Å². The molecule has 7 heteroatoms. The van der Waals surface area contributed by atoms with Gasteiger partial charge >= 0.3 is 11.9 Å². The Labute approximate surface area is 209 Å². The molecule has 1 fully saturated rings. The number of dihydropyridines is 1. The highest BCUT2D eigenvalue weighted by molar-refractivity contribution is 7.10. The van der Waals surface area contributed by atoms with Crippen LogP contribution < -0.4 is 10.1 Å². The Morgan fingerprint density at radius 3 is 2.46 bits per heavy atom. The molecule has 0 saturated heterocycles. The molecule has 0 bridgehead atoms. The number of benzene rings is 1. The minimum absolute atomic E-state index is 0.0462. The van der Waals surface area contributed by atoms with Crippen molar-refractivity contribution in [2.75, 3.05) is 0 Å². The molecule has 5 rings (SSSR count). The molecule has 35 heavy (non-hydrogen) atoms. The maximum Gasteiger partial charge on any atom is 0.337 e. The number of esters is 2. The first-order chi connectivity index (χ1) is 16.9. The number of nitrogens with one attached hydrogen (secondary N) is 1. The van der Waals surface area contributed by atoms with Crippen LogP contribution in [-0.4, -0.2) is 23.8 Å². The summed E-state index contributed by atoms with van der Waals surface area (Å²) in [4.78, 5) is 39.6. The average Bonchev–Trinajstić information content (AvgIpc) is 3.53. The van der Waals surface area contributed by atoms with Gasteiger partial charge < -0.3 is 14.8 Å². The number of hydrogen-bond donors (Lipinski definition) is 1. The standard InChI is InChI=1S/C28H29NO5S/c1-16-25(28(32)34-20-6-3-4-7-20)26(18-9-11-21(12-10-18)33-17(2)30)27-22(29-16)14-19(15-23(27)31)24-8-5-13-35-24/h5,8-13,19-20,26,29H,3-4,6-7,14-15H2,1-2H3/t19-,26-/m0/s1. The van der Waals surface area contributed by atoms with Crippen LogP contribution in [0.1, 0.15) is 74.6 Å². The number of rotatable bonds is 5. The van der Waals surface area contributed by atoms with Crippen molar-refractivity contribution in [2.24, 2.45) is 0 Å². The molecule has 0 spiro atoms. The van der Waals surface area contributed by atoms with E-state index in [1.165, 1.54) is 11.8 Å². The summed E-state index contributed by atoms with van der Waals surface area (Å²) < 4.78 is 11.1. The van der Waals surface area contributed by atoms with Gasteiger partial charge in [-0.25, -0.2) is 4.79 Å². The predicted octanol–water partition coefficient (Wildman–Crippen LogP) is 5.52. The fourth-order valence-electron chi connectivity index (χ4n) is 5.48. The van der Waals surface area contributed by atoms with E-state index in [0.717, 1.165) is 42.6 Å². The van der Waals surface area contributed by atoms with E-state index in [1.807, 2.05) is 30.5 Å². The third-order valence-corrected chi connectivity index (χ3v) is 8.08. The number of Topliss-reactive ketones (excluding diaryl/α,β-unsaturated/α-hetero) is 1. The van der Waals surface area contributed by atoms with Gasteiger partial charge in [0.1, 0.15) is 11.9 Å². The molecular formula is C28H29NO5S. The van der Waals surface area contributed by atoms with E-state index < -0.39 is 11.9 Å². The third-order valence-electron chi connectivity index (χ3n) is 7.04. The zero-order chi connectivity index (χ0) is 24.5. The van der Waals surface area contributed by atoms with E-state index in [1.54, 1.807) is 23.5 Å². The van der Waals surface area contributed by atoms with Gasteiger partial charge in [-0.15, -0.1) is 11.3 Å². The Hall–Kier alpha value is -3.19. The number of hydrogen-bond acceptors (Lipinski definition) is 7. The van der Waals surface area contributed by atoms with Crippen LogP contribution in [0.5, 0.6) is 5.75 Å².